The Labute approximate surface area is 207 Å². The highest BCUT2D eigenvalue weighted by Gasteiger charge is 2.27. The van der Waals surface area contributed by atoms with E-state index in [9.17, 15) is 14.3 Å². The number of para-hydroxylation sites is 1. The van der Waals surface area contributed by atoms with E-state index in [0.717, 1.165) is 11.6 Å². The van der Waals surface area contributed by atoms with Gasteiger partial charge in [0.1, 0.15) is 23.1 Å². The van der Waals surface area contributed by atoms with E-state index in [0.29, 0.717) is 36.5 Å². The van der Waals surface area contributed by atoms with Crippen molar-refractivity contribution in [3.63, 3.8) is 0 Å². The van der Waals surface area contributed by atoms with Crippen LogP contribution in [-0.4, -0.2) is 45.3 Å². The van der Waals surface area contributed by atoms with Crippen LogP contribution in [0, 0.1) is 11.6 Å². The Morgan fingerprint density at radius 3 is 2.58 bits per heavy atom. The summed E-state index contributed by atoms with van der Waals surface area (Å²) in [7, 11) is 0. The highest BCUT2D eigenvalue weighted by atomic mass is 19.1. The number of nitrogens with zero attached hydrogens (tertiary/aromatic N) is 4. The Hall–Kier alpha value is -3.85. The van der Waals surface area contributed by atoms with Crippen LogP contribution in [0.3, 0.4) is 0 Å². The lowest BCUT2D eigenvalue weighted by Gasteiger charge is -2.35. The van der Waals surface area contributed by atoms with E-state index in [1.165, 1.54) is 22.8 Å². The monoisotopic (exact) mass is 491 g/mol. The SMILES string of the molecule is CC(C)c1ccccc1-n1c(=O)nc(N2CCNC[C@@H]2C)c2cc(F)c(-c3c(O)cccc3F)nc21. The minimum Gasteiger partial charge on any atom is -0.507 e. The van der Waals surface area contributed by atoms with Crippen molar-refractivity contribution >= 4 is 16.9 Å². The molecule has 3 heterocycles. The summed E-state index contributed by atoms with van der Waals surface area (Å²) in [6.07, 6.45) is 0. The molecule has 1 aliphatic heterocycles. The number of benzene rings is 2. The molecule has 0 aliphatic carbocycles. The molecule has 5 rings (SSSR count). The second-order valence-corrected chi connectivity index (χ2v) is 9.34. The first-order valence-electron chi connectivity index (χ1n) is 12.0. The Morgan fingerprint density at radius 2 is 1.86 bits per heavy atom. The predicted molar refractivity (Wildman–Crippen MR) is 136 cm³/mol. The van der Waals surface area contributed by atoms with Crippen LogP contribution in [0.5, 0.6) is 5.75 Å². The summed E-state index contributed by atoms with van der Waals surface area (Å²) in [5, 5.41) is 14.0. The minimum atomic E-state index is -0.823. The van der Waals surface area contributed by atoms with E-state index in [-0.39, 0.29) is 28.9 Å². The van der Waals surface area contributed by atoms with E-state index in [4.69, 9.17) is 0 Å². The lowest BCUT2D eigenvalue weighted by atomic mass is 10.0. The quantitative estimate of drug-likeness (QED) is 0.442. The third kappa shape index (κ3) is 3.99. The van der Waals surface area contributed by atoms with E-state index in [1.54, 1.807) is 12.1 Å². The number of aromatic hydroxyl groups is 1. The van der Waals surface area contributed by atoms with Crippen LogP contribution in [0.1, 0.15) is 32.3 Å². The van der Waals surface area contributed by atoms with Gasteiger partial charge in [-0.05, 0) is 42.7 Å². The molecule has 2 aromatic carbocycles. The number of phenols is 1. The van der Waals surface area contributed by atoms with Crippen molar-refractivity contribution < 1.29 is 13.9 Å². The number of hydrogen-bond acceptors (Lipinski definition) is 6. The molecular weight excluding hydrogens is 464 g/mol. The van der Waals surface area contributed by atoms with Crippen molar-refractivity contribution in [1.29, 1.82) is 0 Å². The number of anilines is 1. The maximum absolute atomic E-state index is 15.6. The Bertz CT molecular complexity index is 1500. The molecule has 0 spiro atoms. The second-order valence-electron chi connectivity index (χ2n) is 9.34. The van der Waals surface area contributed by atoms with Crippen molar-refractivity contribution in [1.82, 2.24) is 19.9 Å². The molecule has 1 saturated heterocycles. The average molecular weight is 492 g/mol. The summed E-state index contributed by atoms with van der Waals surface area (Å²) in [6.45, 7) is 7.95. The Kier molecular flexibility index (Phi) is 6.17. The first-order valence-corrected chi connectivity index (χ1v) is 12.0. The number of rotatable bonds is 4. The van der Waals surface area contributed by atoms with Gasteiger partial charge >= 0.3 is 5.69 Å². The van der Waals surface area contributed by atoms with Crippen molar-refractivity contribution in [2.24, 2.45) is 0 Å². The van der Waals surface area contributed by atoms with Gasteiger partial charge in [-0.25, -0.2) is 23.1 Å². The fourth-order valence-electron chi connectivity index (χ4n) is 4.80. The number of aromatic nitrogens is 3. The molecule has 0 saturated carbocycles. The van der Waals surface area contributed by atoms with Crippen molar-refractivity contribution in [3.05, 3.63) is 76.2 Å². The molecule has 0 amide bonds. The standard InChI is InChI=1S/C27H27F2N5O2/c1-15(2)17-7-4-5-9-21(17)34-26-18(25(32-27(34)36)33-12-11-30-14-16(33)3)13-20(29)24(31-26)23-19(28)8-6-10-22(23)35/h4-10,13,15-16,30,35H,11-12,14H2,1-3H3/t16-/m0/s1. The van der Waals surface area contributed by atoms with Gasteiger partial charge in [-0.2, -0.15) is 4.98 Å². The van der Waals surface area contributed by atoms with E-state index in [2.05, 4.69) is 15.3 Å². The summed E-state index contributed by atoms with van der Waals surface area (Å²) in [6, 6.07) is 12.3. The molecule has 4 aromatic rings. The van der Waals surface area contributed by atoms with Gasteiger partial charge in [-0.3, -0.25) is 0 Å². The molecule has 0 unspecified atom stereocenters. The molecule has 2 aromatic heterocycles. The van der Waals surface area contributed by atoms with Crippen LogP contribution >= 0.6 is 0 Å². The first kappa shape index (κ1) is 23.9. The molecule has 186 valence electrons. The topological polar surface area (TPSA) is 83.3 Å². The van der Waals surface area contributed by atoms with Gasteiger partial charge in [-0.1, -0.05) is 38.1 Å². The fourth-order valence-corrected chi connectivity index (χ4v) is 4.80. The molecule has 0 bridgehead atoms. The van der Waals surface area contributed by atoms with E-state index in [1.807, 2.05) is 37.8 Å². The van der Waals surface area contributed by atoms with Crippen LogP contribution in [-0.2, 0) is 0 Å². The molecule has 1 aliphatic rings. The lowest BCUT2D eigenvalue weighted by molar-refractivity contribution is 0.470. The van der Waals surface area contributed by atoms with Gasteiger partial charge in [0.2, 0.25) is 0 Å². The Balaban J connectivity index is 1.89. The summed E-state index contributed by atoms with van der Waals surface area (Å²) in [5.41, 5.74) is 0.285. The van der Waals surface area contributed by atoms with Crippen molar-refractivity contribution in [2.45, 2.75) is 32.7 Å². The summed E-state index contributed by atoms with van der Waals surface area (Å²) in [4.78, 5) is 24.5. The van der Waals surface area contributed by atoms with Gasteiger partial charge in [0.15, 0.2) is 11.5 Å². The molecular formula is C27H27F2N5O2. The number of halogens is 2. The molecule has 0 radical (unpaired) electrons. The van der Waals surface area contributed by atoms with Crippen molar-refractivity contribution in [3.8, 4) is 22.7 Å². The van der Waals surface area contributed by atoms with Crippen LogP contribution in [0.15, 0.2) is 53.3 Å². The van der Waals surface area contributed by atoms with E-state index >= 15 is 4.39 Å². The van der Waals surface area contributed by atoms with Gasteiger partial charge in [-0.15, -0.1) is 0 Å². The number of nitrogens with one attached hydrogen (secondary N) is 1. The number of phenolic OH excluding ortho intramolecular Hbond substituents is 1. The first-order chi connectivity index (χ1) is 17.3. The number of fused-ring (bicyclic) bond motifs is 1. The number of pyridine rings is 1. The number of piperazine rings is 1. The van der Waals surface area contributed by atoms with Crippen LogP contribution < -0.4 is 15.9 Å². The Morgan fingerprint density at radius 1 is 1.08 bits per heavy atom. The zero-order chi connectivity index (χ0) is 25.6. The maximum atomic E-state index is 15.6. The van der Waals surface area contributed by atoms with Crippen molar-refractivity contribution in [2.75, 3.05) is 24.5 Å². The third-order valence-electron chi connectivity index (χ3n) is 6.60. The molecule has 36 heavy (non-hydrogen) atoms. The highest BCUT2D eigenvalue weighted by Crippen LogP contribution is 2.36. The lowest BCUT2D eigenvalue weighted by Crippen LogP contribution is -2.50. The van der Waals surface area contributed by atoms with Crippen LogP contribution in [0.25, 0.3) is 28.0 Å². The van der Waals surface area contributed by atoms with Crippen LogP contribution in [0.2, 0.25) is 0 Å². The zero-order valence-corrected chi connectivity index (χ0v) is 20.3. The average Bonchev–Trinajstić information content (AvgIpc) is 2.84. The second kappa shape index (κ2) is 9.31. The maximum Gasteiger partial charge on any atom is 0.355 e. The normalized spacial score (nSPS) is 16.2. The van der Waals surface area contributed by atoms with Gasteiger partial charge in [0.05, 0.1) is 16.6 Å². The largest absolute Gasteiger partial charge is 0.507 e. The van der Waals surface area contributed by atoms with E-state index < -0.39 is 23.1 Å². The van der Waals surface area contributed by atoms with Crippen LogP contribution in [0.4, 0.5) is 14.6 Å². The summed E-state index contributed by atoms with van der Waals surface area (Å²) in [5.74, 6) is -1.68. The van der Waals surface area contributed by atoms with Gasteiger partial charge in [0.25, 0.3) is 0 Å². The summed E-state index contributed by atoms with van der Waals surface area (Å²) >= 11 is 0. The molecule has 1 atom stereocenters. The van der Waals surface area contributed by atoms with Gasteiger partial charge < -0.3 is 15.3 Å². The number of hydrogen-bond donors (Lipinski definition) is 2. The highest BCUT2D eigenvalue weighted by molar-refractivity contribution is 5.91. The summed E-state index contributed by atoms with van der Waals surface area (Å²) < 4.78 is 31.7. The minimum absolute atomic E-state index is 0.00556. The molecule has 9 heteroatoms. The molecule has 1 fully saturated rings. The smallest absolute Gasteiger partial charge is 0.355 e. The molecule has 7 nitrogen and oxygen atoms in total. The zero-order valence-electron chi connectivity index (χ0n) is 20.3. The fraction of sp³-hybridized carbons (Fsp3) is 0.296. The third-order valence-corrected chi connectivity index (χ3v) is 6.60. The molecule has 2 N–H and O–H groups in total. The van der Waals surface area contributed by atoms with Gasteiger partial charge in [0, 0.05) is 25.7 Å². The predicted octanol–water partition coefficient (Wildman–Crippen LogP) is 4.35.